The van der Waals surface area contributed by atoms with Gasteiger partial charge in [0.25, 0.3) is 0 Å². The summed E-state index contributed by atoms with van der Waals surface area (Å²) in [7, 11) is 0. The molecular weight excluding hydrogens is 272 g/mol. The molecule has 20 heavy (non-hydrogen) atoms. The predicted octanol–water partition coefficient (Wildman–Crippen LogP) is 3.24. The predicted molar refractivity (Wildman–Crippen MR) is 79.6 cm³/mol. The number of rotatable bonds is 5. The minimum atomic E-state index is -0.162. The summed E-state index contributed by atoms with van der Waals surface area (Å²) in [5.41, 5.74) is -0.279. The zero-order valence-electron chi connectivity index (χ0n) is 12.7. The topological polar surface area (TPSA) is 63.8 Å². The smallest absolute Gasteiger partial charge is 0.230 e. The van der Waals surface area contributed by atoms with Crippen molar-refractivity contribution in [3.8, 4) is 0 Å². The average molecular weight is 294 g/mol. The lowest BCUT2D eigenvalue weighted by Crippen LogP contribution is -2.38. The van der Waals surface area contributed by atoms with Crippen molar-refractivity contribution >= 4 is 11.3 Å². The Hall–Kier alpha value is -1.27. The third kappa shape index (κ3) is 3.24. The van der Waals surface area contributed by atoms with E-state index in [0.717, 1.165) is 11.4 Å². The third-order valence-corrected chi connectivity index (χ3v) is 4.39. The van der Waals surface area contributed by atoms with Crippen molar-refractivity contribution in [3.05, 3.63) is 28.4 Å². The fraction of sp³-hybridized carbons (Fsp3) is 0.643. The molecule has 5 nitrogen and oxygen atoms in total. The summed E-state index contributed by atoms with van der Waals surface area (Å²) in [6, 6.07) is 0. The first-order chi connectivity index (χ1) is 9.35. The highest BCUT2D eigenvalue weighted by Crippen LogP contribution is 2.27. The van der Waals surface area contributed by atoms with Crippen molar-refractivity contribution in [3.63, 3.8) is 0 Å². The molecule has 0 aliphatic heterocycles. The first kappa shape index (κ1) is 15.1. The molecule has 2 rings (SSSR count). The minimum Gasteiger partial charge on any atom is -0.423 e. The summed E-state index contributed by atoms with van der Waals surface area (Å²) in [4.78, 5) is 4.41. The maximum absolute atomic E-state index is 5.70. The molecular formula is C14H22N4OS. The lowest BCUT2D eigenvalue weighted by molar-refractivity contribution is 0.311. The lowest BCUT2D eigenvalue weighted by Gasteiger charge is -2.26. The number of hydrogen-bond acceptors (Lipinski definition) is 6. The van der Waals surface area contributed by atoms with E-state index in [1.54, 1.807) is 11.3 Å². The quantitative estimate of drug-likeness (QED) is 0.917. The van der Waals surface area contributed by atoms with E-state index < -0.39 is 0 Å². The average Bonchev–Trinajstić information content (AvgIpc) is 3.06. The highest BCUT2D eigenvalue weighted by atomic mass is 32.1. The maximum atomic E-state index is 5.70. The lowest BCUT2D eigenvalue weighted by atomic mass is 9.97. The Balaban J connectivity index is 2.06. The SMILES string of the molecule is CC[C@](C)(NCc1nnc(C(C)(C)C)o1)c1nccs1. The van der Waals surface area contributed by atoms with E-state index in [-0.39, 0.29) is 11.0 Å². The molecule has 0 fully saturated rings. The van der Waals surface area contributed by atoms with E-state index in [1.807, 2.05) is 11.6 Å². The Kier molecular flexibility index (Phi) is 4.25. The molecule has 0 radical (unpaired) electrons. The Labute approximate surface area is 123 Å². The van der Waals surface area contributed by atoms with Gasteiger partial charge in [0.2, 0.25) is 11.8 Å². The van der Waals surface area contributed by atoms with Crippen LogP contribution >= 0.6 is 11.3 Å². The van der Waals surface area contributed by atoms with Crippen molar-refractivity contribution < 1.29 is 4.42 Å². The number of aromatic nitrogens is 3. The molecule has 0 aliphatic rings. The summed E-state index contributed by atoms with van der Waals surface area (Å²) in [6.45, 7) is 11.0. The molecule has 0 aliphatic carbocycles. The number of nitrogens with zero attached hydrogens (tertiary/aromatic N) is 3. The van der Waals surface area contributed by atoms with Crippen LogP contribution in [0.15, 0.2) is 16.0 Å². The van der Waals surface area contributed by atoms with Gasteiger partial charge in [-0.05, 0) is 13.3 Å². The summed E-state index contributed by atoms with van der Waals surface area (Å²) in [5, 5.41) is 14.8. The molecule has 0 amide bonds. The van der Waals surface area contributed by atoms with Crippen LogP contribution in [0.25, 0.3) is 0 Å². The standard InChI is InChI=1S/C14H22N4OS/c1-6-14(5,12-15-7-8-20-12)16-9-10-17-18-11(19-10)13(2,3)4/h7-8,16H,6,9H2,1-5H3/t14-/m0/s1. The van der Waals surface area contributed by atoms with Crippen molar-refractivity contribution in [2.24, 2.45) is 0 Å². The molecule has 2 heterocycles. The van der Waals surface area contributed by atoms with Crippen molar-refractivity contribution in [2.75, 3.05) is 0 Å². The van der Waals surface area contributed by atoms with Crippen LogP contribution in [-0.4, -0.2) is 15.2 Å². The normalized spacial score (nSPS) is 15.2. The van der Waals surface area contributed by atoms with Crippen LogP contribution in [0.3, 0.4) is 0 Å². The van der Waals surface area contributed by atoms with E-state index in [2.05, 4.69) is 55.1 Å². The van der Waals surface area contributed by atoms with Gasteiger partial charge < -0.3 is 4.42 Å². The van der Waals surface area contributed by atoms with E-state index in [0.29, 0.717) is 18.3 Å². The van der Waals surface area contributed by atoms with Crippen molar-refractivity contribution in [2.45, 2.75) is 58.5 Å². The van der Waals surface area contributed by atoms with E-state index in [4.69, 9.17) is 4.42 Å². The zero-order valence-corrected chi connectivity index (χ0v) is 13.5. The minimum absolute atomic E-state index is 0.116. The molecule has 110 valence electrons. The van der Waals surface area contributed by atoms with Gasteiger partial charge in [0, 0.05) is 17.0 Å². The molecule has 6 heteroatoms. The van der Waals surface area contributed by atoms with Crippen LogP contribution in [0.5, 0.6) is 0 Å². The maximum Gasteiger partial charge on any atom is 0.230 e. The van der Waals surface area contributed by atoms with E-state index in [9.17, 15) is 0 Å². The fourth-order valence-corrected chi connectivity index (χ4v) is 2.60. The second-order valence-electron chi connectivity index (χ2n) is 6.13. The van der Waals surface area contributed by atoms with Gasteiger partial charge in [0.05, 0.1) is 12.1 Å². The molecule has 0 unspecified atom stereocenters. The van der Waals surface area contributed by atoms with Crippen molar-refractivity contribution in [1.82, 2.24) is 20.5 Å². The van der Waals surface area contributed by atoms with Gasteiger partial charge in [-0.15, -0.1) is 21.5 Å². The van der Waals surface area contributed by atoms with Crippen LogP contribution in [0, 0.1) is 0 Å². The third-order valence-electron chi connectivity index (χ3n) is 3.35. The van der Waals surface area contributed by atoms with Gasteiger partial charge in [0.1, 0.15) is 5.01 Å². The Morgan fingerprint density at radius 1 is 1.25 bits per heavy atom. The molecule has 0 bridgehead atoms. The molecule has 0 aromatic carbocycles. The Morgan fingerprint density at radius 2 is 2.00 bits per heavy atom. The van der Waals surface area contributed by atoms with Crippen molar-refractivity contribution in [1.29, 1.82) is 0 Å². The zero-order chi connectivity index (χ0) is 14.8. The van der Waals surface area contributed by atoms with E-state index in [1.165, 1.54) is 0 Å². The first-order valence-electron chi connectivity index (χ1n) is 6.83. The second-order valence-corrected chi connectivity index (χ2v) is 7.02. The number of nitrogens with one attached hydrogen (secondary N) is 1. The summed E-state index contributed by atoms with van der Waals surface area (Å²) >= 11 is 1.66. The van der Waals surface area contributed by atoms with Crippen LogP contribution in [0.2, 0.25) is 0 Å². The number of hydrogen-bond donors (Lipinski definition) is 1. The van der Waals surface area contributed by atoms with Crippen LogP contribution in [0.4, 0.5) is 0 Å². The summed E-state index contributed by atoms with van der Waals surface area (Å²) in [5.74, 6) is 1.29. The van der Waals surface area contributed by atoms with Crippen LogP contribution in [0.1, 0.15) is 57.8 Å². The van der Waals surface area contributed by atoms with Gasteiger partial charge in [-0.25, -0.2) is 4.98 Å². The summed E-state index contributed by atoms with van der Waals surface area (Å²) in [6.07, 6.45) is 2.78. The monoisotopic (exact) mass is 294 g/mol. The molecule has 0 spiro atoms. The molecule has 2 aromatic rings. The van der Waals surface area contributed by atoms with Crippen LogP contribution < -0.4 is 5.32 Å². The Morgan fingerprint density at radius 3 is 2.50 bits per heavy atom. The van der Waals surface area contributed by atoms with Gasteiger partial charge in [0.15, 0.2) is 0 Å². The molecule has 2 aromatic heterocycles. The van der Waals surface area contributed by atoms with Crippen LogP contribution in [-0.2, 0) is 17.5 Å². The van der Waals surface area contributed by atoms with Gasteiger partial charge in [-0.1, -0.05) is 27.7 Å². The molecule has 1 atom stereocenters. The fourth-order valence-electron chi connectivity index (χ4n) is 1.75. The number of thiazole rings is 1. The summed E-state index contributed by atoms with van der Waals surface area (Å²) < 4.78 is 5.70. The molecule has 0 saturated heterocycles. The first-order valence-corrected chi connectivity index (χ1v) is 7.71. The highest BCUT2D eigenvalue weighted by molar-refractivity contribution is 7.09. The van der Waals surface area contributed by atoms with Gasteiger partial charge in [-0.2, -0.15) is 0 Å². The van der Waals surface area contributed by atoms with Gasteiger partial charge >= 0.3 is 0 Å². The van der Waals surface area contributed by atoms with E-state index >= 15 is 0 Å². The Bertz CT molecular complexity index is 544. The molecule has 1 N–H and O–H groups in total. The second kappa shape index (κ2) is 5.61. The highest BCUT2D eigenvalue weighted by Gasteiger charge is 2.28. The van der Waals surface area contributed by atoms with Gasteiger partial charge in [-0.3, -0.25) is 5.32 Å². The molecule has 0 saturated carbocycles. The largest absolute Gasteiger partial charge is 0.423 e.